The molecular weight excluding hydrogens is 340 g/mol. The maximum atomic E-state index is 12.7. The van der Waals surface area contributed by atoms with Gasteiger partial charge in [-0.25, -0.2) is 0 Å². The summed E-state index contributed by atoms with van der Waals surface area (Å²) in [7, 11) is 3.37. The average molecular weight is 368 g/mol. The van der Waals surface area contributed by atoms with Crippen molar-refractivity contribution in [3.63, 3.8) is 0 Å². The second kappa shape index (κ2) is 8.55. The van der Waals surface area contributed by atoms with Gasteiger partial charge in [-0.05, 0) is 37.6 Å². The fraction of sp³-hybridized carbons (Fsp3) is 0.409. The van der Waals surface area contributed by atoms with E-state index in [1.807, 2.05) is 48.5 Å². The number of rotatable bonds is 6. The molecule has 0 radical (unpaired) electrons. The monoisotopic (exact) mass is 368 g/mol. The fourth-order valence-corrected chi connectivity index (χ4v) is 3.54. The highest BCUT2D eigenvalue weighted by molar-refractivity contribution is 5.95. The molecule has 144 valence electrons. The number of ether oxygens (including phenoxy) is 2. The molecule has 0 bridgehead atoms. The number of methoxy groups -OCH3 is 2. The molecule has 5 heteroatoms. The molecule has 5 nitrogen and oxygen atoms in total. The van der Waals surface area contributed by atoms with Gasteiger partial charge in [0.1, 0.15) is 5.75 Å². The van der Waals surface area contributed by atoms with Crippen LogP contribution in [0.2, 0.25) is 0 Å². The number of para-hydroxylation sites is 1. The Labute approximate surface area is 161 Å². The zero-order valence-corrected chi connectivity index (χ0v) is 16.4. The van der Waals surface area contributed by atoms with Gasteiger partial charge in [-0.1, -0.05) is 30.3 Å². The molecule has 1 fully saturated rings. The molecule has 27 heavy (non-hydrogen) atoms. The molecule has 1 aliphatic heterocycles. The highest BCUT2D eigenvalue weighted by Crippen LogP contribution is 2.29. The van der Waals surface area contributed by atoms with E-state index in [-0.39, 0.29) is 18.1 Å². The summed E-state index contributed by atoms with van der Waals surface area (Å²) in [5.74, 6) is 0.747. The summed E-state index contributed by atoms with van der Waals surface area (Å²) < 4.78 is 11.0. The first-order chi connectivity index (χ1) is 13.0. The average Bonchev–Trinajstić information content (AvgIpc) is 3.11. The molecule has 0 aliphatic carbocycles. The van der Waals surface area contributed by atoms with E-state index in [1.54, 1.807) is 14.2 Å². The van der Waals surface area contributed by atoms with Crippen molar-refractivity contribution in [1.29, 1.82) is 0 Å². The topological polar surface area (TPSA) is 50.8 Å². The second-order valence-corrected chi connectivity index (χ2v) is 7.18. The summed E-state index contributed by atoms with van der Waals surface area (Å²) in [6, 6.07) is 15.9. The lowest BCUT2D eigenvalue weighted by Crippen LogP contribution is -2.43. The van der Waals surface area contributed by atoms with E-state index in [2.05, 4.69) is 24.1 Å². The molecule has 2 aromatic carbocycles. The number of carbonyl (C=O) groups excluding carboxylic acids is 1. The summed E-state index contributed by atoms with van der Waals surface area (Å²) in [5.41, 5.74) is 2.67. The molecule has 2 aromatic rings. The zero-order valence-electron chi connectivity index (χ0n) is 16.4. The van der Waals surface area contributed by atoms with Crippen LogP contribution in [0.3, 0.4) is 0 Å². The number of carbonyl (C=O) groups is 1. The molecule has 0 saturated carbocycles. The number of benzene rings is 2. The van der Waals surface area contributed by atoms with E-state index in [1.165, 1.54) is 0 Å². The summed E-state index contributed by atoms with van der Waals surface area (Å²) >= 11 is 0. The van der Waals surface area contributed by atoms with Crippen LogP contribution in [0.15, 0.2) is 48.5 Å². The number of hydrogen-bond donors (Lipinski definition) is 1. The van der Waals surface area contributed by atoms with Crippen LogP contribution in [0.4, 0.5) is 0 Å². The number of hydrogen-bond acceptors (Lipinski definition) is 4. The first-order valence-corrected chi connectivity index (χ1v) is 9.34. The van der Waals surface area contributed by atoms with Crippen LogP contribution in [0.5, 0.6) is 5.75 Å². The quantitative estimate of drug-likeness (QED) is 0.851. The summed E-state index contributed by atoms with van der Waals surface area (Å²) in [5, 5.41) is 3.13. The largest absolute Gasteiger partial charge is 0.496 e. The van der Waals surface area contributed by atoms with Gasteiger partial charge in [0.15, 0.2) is 0 Å². The van der Waals surface area contributed by atoms with E-state index in [0.29, 0.717) is 11.6 Å². The van der Waals surface area contributed by atoms with Crippen molar-refractivity contribution in [2.45, 2.75) is 32.0 Å². The summed E-state index contributed by atoms with van der Waals surface area (Å²) in [4.78, 5) is 15.0. The van der Waals surface area contributed by atoms with Crippen molar-refractivity contribution >= 4 is 5.91 Å². The number of likely N-dealkylation sites (tertiary alicyclic amines) is 1. The Balaban J connectivity index is 1.71. The Hall–Kier alpha value is -2.37. The highest BCUT2D eigenvalue weighted by Gasteiger charge is 2.35. The second-order valence-electron chi connectivity index (χ2n) is 7.18. The lowest BCUT2D eigenvalue weighted by atomic mass is 10.0. The van der Waals surface area contributed by atoms with Crippen LogP contribution in [0.1, 0.15) is 24.2 Å². The normalized spacial score (nSPS) is 20.0. The molecule has 1 heterocycles. The Morgan fingerprint density at radius 2 is 1.78 bits per heavy atom. The Kier molecular flexibility index (Phi) is 6.14. The maximum Gasteiger partial charge on any atom is 0.251 e. The minimum atomic E-state index is -0.0702. The van der Waals surface area contributed by atoms with Crippen molar-refractivity contribution in [3.8, 4) is 16.9 Å². The van der Waals surface area contributed by atoms with Crippen LogP contribution >= 0.6 is 0 Å². The Morgan fingerprint density at radius 1 is 1.07 bits per heavy atom. The summed E-state index contributed by atoms with van der Waals surface area (Å²) in [6.45, 7) is 5.97. The number of nitrogens with one attached hydrogen (secondary N) is 1. The third-order valence-corrected chi connectivity index (χ3v) is 5.21. The molecule has 0 aromatic heterocycles. The Morgan fingerprint density at radius 3 is 2.41 bits per heavy atom. The number of amides is 1. The van der Waals surface area contributed by atoms with Crippen LogP contribution in [0.25, 0.3) is 11.1 Å². The van der Waals surface area contributed by atoms with E-state index >= 15 is 0 Å². The van der Waals surface area contributed by atoms with E-state index in [9.17, 15) is 4.79 Å². The van der Waals surface area contributed by atoms with Gasteiger partial charge in [-0.2, -0.15) is 0 Å². The van der Waals surface area contributed by atoms with Crippen LogP contribution < -0.4 is 10.1 Å². The van der Waals surface area contributed by atoms with E-state index in [0.717, 1.165) is 30.0 Å². The lowest BCUT2D eigenvalue weighted by molar-refractivity contribution is 0.0753. The van der Waals surface area contributed by atoms with E-state index in [4.69, 9.17) is 9.47 Å². The van der Waals surface area contributed by atoms with Crippen LogP contribution in [0, 0.1) is 0 Å². The predicted octanol–water partition coefficient (Wildman–Crippen LogP) is 3.20. The maximum absolute atomic E-state index is 12.7. The van der Waals surface area contributed by atoms with Crippen molar-refractivity contribution in [1.82, 2.24) is 10.2 Å². The molecule has 2 atom stereocenters. The zero-order chi connectivity index (χ0) is 19.4. The van der Waals surface area contributed by atoms with Gasteiger partial charge in [0, 0.05) is 37.4 Å². The predicted molar refractivity (Wildman–Crippen MR) is 107 cm³/mol. The molecule has 1 saturated heterocycles. The highest BCUT2D eigenvalue weighted by atomic mass is 16.5. The lowest BCUT2D eigenvalue weighted by Gasteiger charge is -2.20. The van der Waals surface area contributed by atoms with Crippen molar-refractivity contribution in [3.05, 3.63) is 54.1 Å². The van der Waals surface area contributed by atoms with Gasteiger partial charge >= 0.3 is 0 Å². The molecule has 3 rings (SSSR count). The van der Waals surface area contributed by atoms with Gasteiger partial charge in [0.25, 0.3) is 5.91 Å². The van der Waals surface area contributed by atoms with Gasteiger partial charge in [0.2, 0.25) is 0 Å². The van der Waals surface area contributed by atoms with E-state index < -0.39 is 0 Å². The van der Waals surface area contributed by atoms with Gasteiger partial charge in [-0.15, -0.1) is 0 Å². The van der Waals surface area contributed by atoms with Crippen molar-refractivity contribution < 1.29 is 14.3 Å². The third kappa shape index (κ3) is 4.31. The first-order valence-electron chi connectivity index (χ1n) is 9.34. The number of nitrogens with zero attached hydrogens (tertiary/aromatic N) is 1. The standard InChI is InChI=1S/C22H28N2O3/c1-15(2)24-13-19(21(14-24)27-4)23-22(25)17-11-9-16(10-12-17)18-7-5-6-8-20(18)26-3/h5-12,15,19,21H,13-14H2,1-4H3,(H,23,25)/t19-,21-/m1/s1. The van der Waals surface area contributed by atoms with Crippen molar-refractivity contribution in [2.75, 3.05) is 27.3 Å². The Bertz CT molecular complexity index is 773. The SMILES string of the molecule is COc1ccccc1-c1ccc(C(=O)N[C@@H]2CN(C(C)C)C[C@H]2OC)cc1. The first kappa shape index (κ1) is 19.4. The molecular formula is C22H28N2O3. The van der Waals surface area contributed by atoms with Crippen LogP contribution in [-0.2, 0) is 4.74 Å². The molecule has 0 spiro atoms. The molecule has 1 aliphatic rings. The van der Waals surface area contributed by atoms with Crippen LogP contribution in [-0.4, -0.2) is 56.3 Å². The fourth-order valence-electron chi connectivity index (χ4n) is 3.54. The minimum absolute atomic E-state index is 0.00112. The van der Waals surface area contributed by atoms with Gasteiger partial charge in [-0.3, -0.25) is 9.69 Å². The van der Waals surface area contributed by atoms with Gasteiger partial charge < -0.3 is 14.8 Å². The van der Waals surface area contributed by atoms with Crippen molar-refractivity contribution in [2.24, 2.45) is 0 Å². The molecule has 1 N–H and O–H groups in total. The van der Waals surface area contributed by atoms with Gasteiger partial charge in [0.05, 0.1) is 19.3 Å². The minimum Gasteiger partial charge on any atom is -0.496 e. The summed E-state index contributed by atoms with van der Waals surface area (Å²) in [6.07, 6.45) is 0.0178. The smallest absolute Gasteiger partial charge is 0.251 e. The third-order valence-electron chi connectivity index (χ3n) is 5.21. The molecule has 1 amide bonds. The molecule has 0 unspecified atom stereocenters.